The van der Waals surface area contributed by atoms with Crippen molar-refractivity contribution in [3.05, 3.63) is 40.0 Å². The van der Waals surface area contributed by atoms with Crippen molar-refractivity contribution in [3.8, 4) is 0 Å². The van der Waals surface area contributed by atoms with Crippen LogP contribution in [-0.4, -0.2) is 31.2 Å². The number of carbonyl (C=O) groups is 2. The predicted octanol–water partition coefficient (Wildman–Crippen LogP) is 1.56. The highest BCUT2D eigenvalue weighted by molar-refractivity contribution is 5.95. The van der Waals surface area contributed by atoms with Gasteiger partial charge in [0.15, 0.2) is 0 Å². The second kappa shape index (κ2) is 5.45. The lowest BCUT2D eigenvalue weighted by Crippen LogP contribution is -2.25. The van der Waals surface area contributed by atoms with Gasteiger partial charge in [0.2, 0.25) is 0 Å². The lowest BCUT2D eigenvalue weighted by Gasteiger charge is -2.13. The average molecular weight is 279 g/mol. The standard InChI is InChI=1S/C11H10FN5O3/c12-9-3-6(1-2-8(9)10(13)18)17-5-7(4-15-16-14)20-11(17)19/h1-3,7H,4-5H2,(H2,13,18)/t7-/m0/s1. The van der Waals surface area contributed by atoms with Crippen molar-refractivity contribution in [3.63, 3.8) is 0 Å². The Morgan fingerprint density at radius 1 is 1.65 bits per heavy atom. The zero-order chi connectivity index (χ0) is 14.7. The maximum absolute atomic E-state index is 13.6. The van der Waals surface area contributed by atoms with Gasteiger partial charge in [-0.05, 0) is 23.7 Å². The third-order valence-electron chi connectivity index (χ3n) is 2.75. The molecule has 1 heterocycles. The summed E-state index contributed by atoms with van der Waals surface area (Å²) in [7, 11) is 0. The molecule has 1 aromatic carbocycles. The Morgan fingerprint density at radius 3 is 3.00 bits per heavy atom. The van der Waals surface area contributed by atoms with E-state index >= 15 is 0 Å². The molecule has 0 aromatic heterocycles. The molecule has 20 heavy (non-hydrogen) atoms. The van der Waals surface area contributed by atoms with Crippen molar-refractivity contribution in [2.75, 3.05) is 18.0 Å². The molecule has 1 fully saturated rings. The summed E-state index contributed by atoms with van der Waals surface area (Å²) < 4.78 is 18.6. The largest absolute Gasteiger partial charge is 0.444 e. The summed E-state index contributed by atoms with van der Waals surface area (Å²) in [5.41, 5.74) is 13.2. The first-order valence-corrected chi connectivity index (χ1v) is 5.61. The van der Waals surface area contributed by atoms with Crippen molar-refractivity contribution in [2.45, 2.75) is 6.10 Å². The molecular formula is C11H10FN5O3. The molecule has 9 heteroatoms. The van der Waals surface area contributed by atoms with Gasteiger partial charge in [0.05, 0.1) is 24.3 Å². The Hall–Kier alpha value is -2.80. The number of cyclic esters (lactones) is 1. The van der Waals surface area contributed by atoms with Crippen LogP contribution in [0.25, 0.3) is 10.4 Å². The summed E-state index contributed by atoms with van der Waals surface area (Å²) in [5.74, 6) is -1.71. The van der Waals surface area contributed by atoms with E-state index in [2.05, 4.69) is 10.0 Å². The zero-order valence-electron chi connectivity index (χ0n) is 10.2. The zero-order valence-corrected chi connectivity index (χ0v) is 10.2. The second-order valence-electron chi connectivity index (χ2n) is 4.06. The Bertz CT molecular complexity index is 614. The van der Waals surface area contributed by atoms with Gasteiger partial charge >= 0.3 is 6.09 Å². The first-order chi connectivity index (χ1) is 9.52. The van der Waals surface area contributed by atoms with Crippen LogP contribution in [0.3, 0.4) is 0 Å². The number of hydrogen-bond acceptors (Lipinski definition) is 4. The van der Waals surface area contributed by atoms with Crippen LogP contribution >= 0.6 is 0 Å². The van der Waals surface area contributed by atoms with E-state index in [0.717, 1.165) is 6.07 Å². The SMILES string of the molecule is [N-]=[N+]=NC[C@H]1CN(c2ccc(C(N)=O)c(F)c2)C(=O)O1. The van der Waals surface area contributed by atoms with Gasteiger partial charge in [0, 0.05) is 4.91 Å². The highest BCUT2D eigenvalue weighted by Gasteiger charge is 2.32. The van der Waals surface area contributed by atoms with Crippen LogP contribution in [0.4, 0.5) is 14.9 Å². The van der Waals surface area contributed by atoms with E-state index in [4.69, 9.17) is 16.0 Å². The normalized spacial score (nSPS) is 17.6. The number of carbonyl (C=O) groups excluding carboxylic acids is 2. The van der Waals surface area contributed by atoms with Crippen molar-refractivity contribution in [1.29, 1.82) is 0 Å². The fraction of sp³-hybridized carbons (Fsp3) is 0.273. The van der Waals surface area contributed by atoms with Crippen LogP contribution in [-0.2, 0) is 4.74 Å². The fourth-order valence-electron chi connectivity index (χ4n) is 1.83. The molecule has 1 saturated heterocycles. The molecule has 8 nitrogen and oxygen atoms in total. The van der Waals surface area contributed by atoms with Crippen LogP contribution in [0.1, 0.15) is 10.4 Å². The number of hydrogen-bond donors (Lipinski definition) is 1. The van der Waals surface area contributed by atoms with E-state index in [9.17, 15) is 14.0 Å². The molecule has 0 aliphatic carbocycles. The van der Waals surface area contributed by atoms with Gasteiger partial charge in [-0.3, -0.25) is 9.69 Å². The number of benzene rings is 1. The number of rotatable bonds is 4. The molecule has 1 aliphatic rings. The molecule has 0 unspecified atom stereocenters. The lowest BCUT2D eigenvalue weighted by molar-refractivity contribution is 0.0996. The van der Waals surface area contributed by atoms with Crippen molar-refractivity contribution < 1.29 is 18.7 Å². The number of azide groups is 1. The summed E-state index contributed by atoms with van der Waals surface area (Å²) in [6.45, 7) is 0.133. The first-order valence-electron chi connectivity index (χ1n) is 5.61. The molecule has 2 amide bonds. The Labute approximate surface area is 112 Å². The van der Waals surface area contributed by atoms with Gasteiger partial charge in [-0.15, -0.1) is 0 Å². The number of nitrogens with two attached hydrogens (primary N) is 1. The summed E-state index contributed by atoms with van der Waals surface area (Å²) in [4.78, 5) is 26.3. The van der Waals surface area contributed by atoms with Crippen LogP contribution in [0.15, 0.2) is 23.3 Å². The quantitative estimate of drug-likeness (QED) is 0.511. The molecule has 2 N–H and O–H groups in total. The molecule has 0 saturated carbocycles. The topological polar surface area (TPSA) is 121 Å². The molecule has 0 bridgehead atoms. The van der Waals surface area contributed by atoms with Gasteiger partial charge < -0.3 is 10.5 Å². The van der Waals surface area contributed by atoms with E-state index in [1.54, 1.807) is 0 Å². The number of nitrogens with zero attached hydrogens (tertiary/aromatic N) is 4. The number of ether oxygens (including phenoxy) is 1. The summed E-state index contributed by atoms with van der Waals surface area (Å²) in [5, 5.41) is 3.31. The number of primary amides is 1. The fourth-order valence-corrected chi connectivity index (χ4v) is 1.83. The third-order valence-corrected chi connectivity index (χ3v) is 2.75. The van der Waals surface area contributed by atoms with Crippen molar-refractivity contribution in [1.82, 2.24) is 0 Å². The minimum atomic E-state index is -0.890. The van der Waals surface area contributed by atoms with Crippen molar-refractivity contribution in [2.24, 2.45) is 10.8 Å². The van der Waals surface area contributed by atoms with Gasteiger partial charge in [-0.1, -0.05) is 5.11 Å². The summed E-state index contributed by atoms with van der Waals surface area (Å²) >= 11 is 0. The maximum atomic E-state index is 13.6. The van der Waals surface area contributed by atoms with Gasteiger partial charge in [0.25, 0.3) is 5.91 Å². The smallest absolute Gasteiger partial charge is 0.414 e. The summed E-state index contributed by atoms with van der Waals surface area (Å²) in [6.07, 6.45) is -1.26. The van der Waals surface area contributed by atoms with Gasteiger partial charge in [0.1, 0.15) is 11.9 Å². The van der Waals surface area contributed by atoms with Crippen LogP contribution < -0.4 is 10.6 Å². The van der Waals surface area contributed by atoms with Crippen LogP contribution in [0.5, 0.6) is 0 Å². The second-order valence-corrected chi connectivity index (χ2v) is 4.06. The number of anilines is 1. The van der Waals surface area contributed by atoms with E-state index in [1.807, 2.05) is 0 Å². The Balaban J connectivity index is 2.20. The number of amides is 2. The first kappa shape index (κ1) is 13.6. The molecule has 104 valence electrons. The predicted molar refractivity (Wildman–Crippen MR) is 66.5 cm³/mol. The maximum Gasteiger partial charge on any atom is 0.414 e. The van der Waals surface area contributed by atoms with E-state index in [0.29, 0.717) is 0 Å². The molecule has 1 aliphatic heterocycles. The van der Waals surface area contributed by atoms with Crippen LogP contribution in [0.2, 0.25) is 0 Å². The van der Waals surface area contributed by atoms with Gasteiger partial charge in [-0.2, -0.15) is 0 Å². The third kappa shape index (κ3) is 2.62. The summed E-state index contributed by atoms with van der Waals surface area (Å²) in [6, 6.07) is 3.61. The molecule has 0 spiro atoms. The minimum Gasteiger partial charge on any atom is -0.444 e. The number of halogens is 1. The Morgan fingerprint density at radius 2 is 2.40 bits per heavy atom. The molecule has 1 aromatic rings. The van der Waals surface area contributed by atoms with E-state index in [1.165, 1.54) is 17.0 Å². The molecule has 2 rings (SSSR count). The molecular weight excluding hydrogens is 269 g/mol. The minimum absolute atomic E-state index is 0.000587. The van der Waals surface area contributed by atoms with Crippen molar-refractivity contribution >= 4 is 17.7 Å². The highest BCUT2D eigenvalue weighted by atomic mass is 19.1. The average Bonchev–Trinajstić information content (AvgIpc) is 2.77. The molecule has 1 atom stereocenters. The van der Waals surface area contributed by atoms with Gasteiger partial charge in [-0.25, -0.2) is 9.18 Å². The lowest BCUT2D eigenvalue weighted by atomic mass is 10.1. The Kier molecular flexibility index (Phi) is 3.72. The van der Waals surface area contributed by atoms with E-state index < -0.39 is 23.9 Å². The highest BCUT2D eigenvalue weighted by Crippen LogP contribution is 2.24. The van der Waals surface area contributed by atoms with E-state index in [-0.39, 0.29) is 24.3 Å². The molecule has 0 radical (unpaired) electrons. The van der Waals surface area contributed by atoms with Crippen LogP contribution in [0, 0.1) is 5.82 Å². The monoisotopic (exact) mass is 279 g/mol.